The minimum atomic E-state index is -1.01. The second-order valence-electron chi connectivity index (χ2n) is 12.4. The van der Waals surface area contributed by atoms with Gasteiger partial charge in [-0.25, -0.2) is 4.79 Å². The summed E-state index contributed by atoms with van der Waals surface area (Å²) in [5.74, 6) is -0.0258. The molecule has 274 valence electrons. The highest BCUT2D eigenvalue weighted by atomic mass is 35.5. The molecule has 1 fully saturated rings. The maximum atomic E-state index is 12.9. The number of aliphatic hydroxyl groups is 1. The zero-order chi connectivity index (χ0) is 36.6. The van der Waals surface area contributed by atoms with Crippen molar-refractivity contribution in [3.63, 3.8) is 0 Å². The summed E-state index contributed by atoms with van der Waals surface area (Å²) in [6, 6.07) is 18.0. The number of nitrogens with zero attached hydrogens (tertiary/aromatic N) is 1. The maximum absolute atomic E-state index is 12.9. The number of ether oxygens (including phenoxy) is 3. The zero-order valence-electron chi connectivity index (χ0n) is 28.4. The number of thiophene rings is 1. The number of hydrogen-bond donors (Lipinski definition) is 6. The third kappa shape index (κ3) is 9.13. The molecule has 52 heavy (non-hydrogen) atoms. The number of carbonyl (C=O) groups is 3. The van der Waals surface area contributed by atoms with E-state index in [1.807, 2.05) is 41.8 Å². The predicted molar refractivity (Wildman–Crippen MR) is 199 cm³/mol. The van der Waals surface area contributed by atoms with Gasteiger partial charge in [0.2, 0.25) is 5.91 Å². The topological polar surface area (TPSA) is 171 Å². The SMILES string of the molecule is COc1cc(NC(=O)CCN2CCC(OC(=O)Nc3ccsc3-c3ccccc3)CC2)c(Cl)cc1CNC[C@H](O)c1ccc(O)c2c1OCC(=O)N2. The van der Waals surface area contributed by atoms with Gasteiger partial charge in [-0.3, -0.25) is 14.9 Å². The highest BCUT2D eigenvalue weighted by Gasteiger charge is 2.26. The van der Waals surface area contributed by atoms with Crippen molar-refractivity contribution in [3.05, 3.63) is 82.2 Å². The van der Waals surface area contributed by atoms with Gasteiger partial charge >= 0.3 is 6.09 Å². The van der Waals surface area contributed by atoms with Crippen molar-refractivity contribution in [3.8, 4) is 27.7 Å². The molecule has 4 aromatic rings. The summed E-state index contributed by atoms with van der Waals surface area (Å²) < 4.78 is 16.8. The van der Waals surface area contributed by atoms with Crippen molar-refractivity contribution in [1.29, 1.82) is 0 Å². The third-order valence-corrected chi connectivity index (χ3v) is 10.1. The second-order valence-corrected chi connectivity index (χ2v) is 13.7. The van der Waals surface area contributed by atoms with Crippen LogP contribution in [0.15, 0.2) is 66.0 Å². The highest BCUT2D eigenvalue weighted by molar-refractivity contribution is 7.14. The van der Waals surface area contributed by atoms with E-state index in [4.69, 9.17) is 25.8 Å². The number of amides is 3. The van der Waals surface area contributed by atoms with Crippen LogP contribution in [0, 0.1) is 0 Å². The van der Waals surface area contributed by atoms with Gasteiger partial charge in [0.15, 0.2) is 12.4 Å². The molecule has 2 aliphatic rings. The number of likely N-dealkylation sites (tertiary alicyclic amines) is 1. The Morgan fingerprint density at radius 1 is 1.10 bits per heavy atom. The van der Waals surface area contributed by atoms with E-state index in [1.54, 1.807) is 29.5 Å². The summed E-state index contributed by atoms with van der Waals surface area (Å²) in [6.07, 6.45) is -0.0955. The van der Waals surface area contributed by atoms with Crippen LogP contribution in [0.4, 0.5) is 21.9 Å². The number of anilines is 3. The molecule has 1 saturated heterocycles. The maximum Gasteiger partial charge on any atom is 0.411 e. The smallest absolute Gasteiger partial charge is 0.411 e. The first-order valence-corrected chi connectivity index (χ1v) is 18.1. The Morgan fingerprint density at radius 3 is 2.65 bits per heavy atom. The summed E-state index contributed by atoms with van der Waals surface area (Å²) in [5, 5.41) is 34.7. The van der Waals surface area contributed by atoms with Crippen molar-refractivity contribution in [2.24, 2.45) is 0 Å². The van der Waals surface area contributed by atoms with Crippen molar-refractivity contribution in [1.82, 2.24) is 10.2 Å². The number of rotatable bonds is 13. The van der Waals surface area contributed by atoms with Crippen molar-refractivity contribution in [2.75, 3.05) is 55.8 Å². The van der Waals surface area contributed by atoms with E-state index in [-0.39, 0.29) is 55.3 Å². The lowest BCUT2D eigenvalue weighted by Crippen LogP contribution is -2.39. The molecule has 1 atom stereocenters. The van der Waals surface area contributed by atoms with Crippen LogP contribution in [0.3, 0.4) is 0 Å². The first kappa shape index (κ1) is 36.9. The molecule has 0 spiro atoms. The molecule has 0 aliphatic carbocycles. The number of piperidine rings is 1. The van der Waals surface area contributed by atoms with E-state index in [0.717, 1.165) is 16.1 Å². The van der Waals surface area contributed by atoms with Gasteiger partial charge in [-0.05, 0) is 48.1 Å². The summed E-state index contributed by atoms with van der Waals surface area (Å²) >= 11 is 8.12. The number of halogens is 1. The van der Waals surface area contributed by atoms with Gasteiger partial charge in [-0.15, -0.1) is 11.3 Å². The van der Waals surface area contributed by atoms with Crippen molar-refractivity contribution in [2.45, 2.75) is 38.0 Å². The lowest BCUT2D eigenvalue weighted by atomic mass is 10.0. The first-order valence-electron chi connectivity index (χ1n) is 16.8. The summed E-state index contributed by atoms with van der Waals surface area (Å²) in [5.41, 5.74) is 3.43. The fraction of sp³-hybridized carbons (Fsp3) is 0.324. The molecule has 0 radical (unpaired) electrons. The number of fused-ring (bicyclic) bond motifs is 1. The molecule has 15 heteroatoms. The molecule has 1 aromatic heterocycles. The van der Waals surface area contributed by atoms with Crippen LogP contribution in [0.5, 0.6) is 17.2 Å². The zero-order valence-corrected chi connectivity index (χ0v) is 30.0. The summed E-state index contributed by atoms with van der Waals surface area (Å²) in [7, 11) is 1.52. The molecule has 3 heterocycles. The largest absolute Gasteiger partial charge is 0.506 e. The van der Waals surface area contributed by atoms with Gasteiger partial charge in [0.1, 0.15) is 23.3 Å². The number of phenols is 1. The molecule has 0 unspecified atom stereocenters. The van der Waals surface area contributed by atoms with E-state index in [9.17, 15) is 24.6 Å². The monoisotopic (exact) mass is 749 g/mol. The number of aromatic hydroxyl groups is 1. The minimum absolute atomic E-state index is 0.120. The Morgan fingerprint density at radius 2 is 1.88 bits per heavy atom. The van der Waals surface area contributed by atoms with Crippen LogP contribution in [0.2, 0.25) is 5.02 Å². The van der Waals surface area contributed by atoms with E-state index < -0.39 is 18.1 Å². The van der Waals surface area contributed by atoms with E-state index >= 15 is 0 Å². The van der Waals surface area contributed by atoms with Crippen LogP contribution < -0.4 is 30.7 Å². The van der Waals surface area contributed by atoms with Crippen LogP contribution >= 0.6 is 22.9 Å². The average Bonchev–Trinajstić information content (AvgIpc) is 3.60. The van der Waals surface area contributed by atoms with Crippen molar-refractivity contribution < 1.29 is 38.8 Å². The Balaban J connectivity index is 0.932. The standard InChI is InChI=1S/C37H40ClN5O8S/c1-49-31-18-28(26(38)17-23(31)19-39-20-30(45)25-7-8-29(44)34-35(25)50-21-33(47)42-34)40-32(46)11-15-43-13-9-24(10-14-43)51-37(48)41-27-12-16-52-36(27)22-5-3-2-4-6-22/h2-8,12,16-18,24,30,39,44-45H,9-11,13-15,19-21H2,1H3,(H,40,46)(H,41,48)(H,42,47)/t30-/m0/s1. The summed E-state index contributed by atoms with van der Waals surface area (Å²) in [6.45, 7) is 2.13. The Hall–Kier alpha value is -4.86. The first-order chi connectivity index (χ1) is 25.2. The van der Waals surface area contributed by atoms with Crippen LogP contribution in [-0.2, 0) is 20.9 Å². The lowest BCUT2D eigenvalue weighted by Gasteiger charge is -2.31. The third-order valence-electron chi connectivity index (χ3n) is 8.84. The quantitative estimate of drug-likeness (QED) is 0.0895. The molecule has 6 N–H and O–H groups in total. The van der Waals surface area contributed by atoms with Gasteiger partial charge in [0, 0.05) is 56.3 Å². The number of methoxy groups -OCH3 is 1. The molecule has 0 bridgehead atoms. The van der Waals surface area contributed by atoms with Crippen LogP contribution in [0.25, 0.3) is 10.4 Å². The number of hydrogen-bond acceptors (Lipinski definition) is 11. The number of phenolic OH excluding ortho intramolecular Hbond substituents is 1. The number of benzene rings is 3. The molecule has 13 nitrogen and oxygen atoms in total. The normalized spacial score (nSPS) is 15.2. The predicted octanol–water partition coefficient (Wildman–Crippen LogP) is 5.98. The average molecular weight is 750 g/mol. The van der Waals surface area contributed by atoms with E-state index in [0.29, 0.717) is 60.1 Å². The number of aliphatic hydroxyl groups excluding tert-OH is 1. The van der Waals surface area contributed by atoms with Gasteiger partial charge < -0.3 is 45.3 Å². The van der Waals surface area contributed by atoms with Gasteiger partial charge in [0.05, 0.1) is 34.5 Å². The Bertz CT molecular complexity index is 1900. The fourth-order valence-electron chi connectivity index (χ4n) is 6.15. The second kappa shape index (κ2) is 17.1. The Labute approximate surface area is 309 Å². The molecular formula is C37H40ClN5O8S. The molecule has 2 aliphatic heterocycles. The molecular weight excluding hydrogens is 710 g/mol. The summed E-state index contributed by atoms with van der Waals surface area (Å²) in [4.78, 5) is 40.4. The number of nitrogens with one attached hydrogen (secondary N) is 4. The van der Waals surface area contributed by atoms with Crippen LogP contribution in [-0.4, -0.2) is 79.0 Å². The molecule has 3 amide bonds. The fourth-order valence-corrected chi connectivity index (χ4v) is 7.24. The van der Waals surface area contributed by atoms with E-state index in [1.165, 1.54) is 13.2 Å². The van der Waals surface area contributed by atoms with Crippen LogP contribution in [0.1, 0.15) is 36.5 Å². The Kier molecular flexibility index (Phi) is 12.1. The highest BCUT2D eigenvalue weighted by Crippen LogP contribution is 2.41. The molecule has 6 rings (SSSR count). The van der Waals surface area contributed by atoms with Gasteiger partial charge in [0.25, 0.3) is 5.91 Å². The van der Waals surface area contributed by atoms with Gasteiger partial charge in [-0.1, -0.05) is 41.9 Å². The van der Waals surface area contributed by atoms with E-state index in [2.05, 4.69) is 26.2 Å². The minimum Gasteiger partial charge on any atom is -0.506 e. The molecule has 3 aromatic carbocycles. The number of carbonyl (C=O) groups excluding carboxylic acids is 3. The molecule has 0 saturated carbocycles. The lowest BCUT2D eigenvalue weighted by molar-refractivity contribution is -0.119. The van der Waals surface area contributed by atoms with Crippen molar-refractivity contribution >= 4 is 57.9 Å². The van der Waals surface area contributed by atoms with Gasteiger partial charge in [-0.2, -0.15) is 0 Å².